The fraction of sp³-hybridized carbons (Fsp3) is 0.0169. The summed E-state index contributed by atoms with van der Waals surface area (Å²) in [6.45, 7) is 0. The van der Waals surface area contributed by atoms with Gasteiger partial charge in [-0.15, -0.1) is 11.3 Å². The topological polar surface area (TPSA) is 3.24 Å². The van der Waals surface area contributed by atoms with Crippen molar-refractivity contribution in [2.45, 2.75) is 5.41 Å². The molecule has 2 heteroatoms. The van der Waals surface area contributed by atoms with Gasteiger partial charge in [0.05, 0.1) is 16.8 Å². The number of rotatable bonds is 7. The van der Waals surface area contributed by atoms with Crippen molar-refractivity contribution in [2.24, 2.45) is 0 Å². The van der Waals surface area contributed by atoms with E-state index >= 15 is 0 Å². The second-order valence-electron chi connectivity index (χ2n) is 16.0. The number of fused-ring (bicyclic) bond motifs is 7. The van der Waals surface area contributed by atoms with Crippen LogP contribution in [0.25, 0.3) is 64.3 Å². The molecule has 0 saturated carbocycles. The molecular formula is C59H39NS. The summed E-state index contributed by atoms with van der Waals surface area (Å²) in [7, 11) is 0. The molecule has 0 saturated heterocycles. The molecule has 1 nitrogen and oxygen atoms in total. The maximum atomic E-state index is 2.51. The molecule has 11 aromatic rings. The normalized spacial score (nSPS) is 12.7. The van der Waals surface area contributed by atoms with E-state index in [2.05, 4.69) is 241 Å². The van der Waals surface area contributed by atoms with Gasteiger partial charge in [0.2, 0.25) is 0 Å². The van der Waals surface area contributed by atoms with Crippen molar-refractivity contribution in [1.29, 1.82) is 0 Å². The molecular weight excluding hydrogens is 755 g/mol. The zero-order chi connectivity index (χ0) is 40.3. The quantitative estimate of drug-likeness (QED) is 0.155. The number of thiophene rings is 1. The average Bonchev–Trinajstić information content (AvgIpc) is 3.86. The Hall–Kier alpha value is -7.52. The number of hydrogen-bond donors (Lipinski definition) is 0. The van der Waals surface area contributed by atoms with E-state index in [0.717, 1.165) is 17.1 Å². The third kappa shape index (κ3) is 5.60. The lowest BCUT2D eigenvalue weighted by atomic mass is 9.68. The van der Waals surface area contributed by atoms with Crippen molar-refractivity contribution in [3.63, 3.8) is 0 Å². The highest BCUT2D eigenvalue weighted by atomic mass is 32.1. The summed E-state index contributed by atoms with van der Waals surface area (Å²) in [5.74, 6) is 0. The van der Waals surface area contributed by atoms with Crippen LogP contribution in [0.3, 0.4) is 0 Å². The molecule has 0 radical (unpaired) electrons. The van der Waals surface area contributed by atoms with Crippen LogP contribution in [0.1, 0.15) is 22.3 Å². The molecule has 61 heavy (non-hydrogen) atoms. The third-order valence-corrected chi connectivity index (χ3v) is 13.9. The summed E-state index contributed by atoms with van der Waals surface area (Å²) in [6, 6.07) is 87.4. The second kappa shape index (κ2) is 14.3. The largest absolute Gasteiger partial charge is 0.309 e. The fourth-order valence-corrected chi connectivity index (χ4v) is 11.2. The van der Waals surface area contributed by atoms with E-state index < -0.39 is 5.41 Å². The van der Waals surface area contributed by atoms with Crippen molar-refractivity contribution in [1.82, 2.24) is 0 Å². The van der Waals surface area contributed by atoms with Gasteiger partial charge < -0.3 is 4.90 Å². The Labute approximate surface area is 360 Å². The maximum absolute atomic E-state index is 2.51. The van der Waals surface area contributed by atoms with Crippen LogP contribution < -0.4 is 4.90 Å². The van der Waals surface area contributed by atoms with Gasteiger partial charge in [0.25, 0.3) is 0 Å². The summed E-state index contributed by atoms with van der Waals surface area (Å²) in [5.41, 5.74) is 15.2. The lowest BCUT2D eigenvalue weighted by Gasteiger charge is -2.34. The lowest BCUT2D eigenvalue weighted by Crippen LogP contribution is -2.28. The maximum Gasteiger partial charge on any atom is 0.0714 e. The van der Waals surface area contributed by atoms with E-state index in [-0.39, 0.29) is 0 Å². The predicted octanol–water partition coefficient (Wildman–Crippen LogP) is 16.4. The molecule has 286 valence electrons. The van der Waals surface area contributed by atoms with E-state index in [1.54, 1.807) is 0 Å². The minimum atomic E-state index is -0.512. The lowest BCUT2D eigenvalue weighted by molar-refractivity contribution is 0.768. The van der Waals surface area contributed by atoms with Gasteiger partial charge in [-0.3, -0.25) is 0 Å². The Bertz CT molecular complexity index is 3380. The van der Waals surface area contributed by atoms with Crippen molar-refractivity contribution in [3.8, 4) is 33.4 Å². The second-order valence-corrected chi connectivity index (χ2v) is 17.1. The summed E-state index contributed by atoms with van der Waals surface area (Å²) in [5, 5.41) is 5.11. The first-order valence-electron chi connectivity index (χ1n) is 21.0. The first kappa shape index (κ1) is 35.4. The van der Waals surface area contributed by atoms with Gasteiger partial charge in [-0.05, 0) is 97.7 Å². The van der Waals surface area contributed by atoms with E-state index in [1.807, 2.05) is 11.3 Å². The molecule has 0 N–H and O–H groups in total. The summed E-state index contributed by atoms with van der Waals surface area (Å²) in [4.78, 5) is 2.51. The molecule has 1 heterocycles. The molecule has 1 aromatic heterocycles. The smallest absolute Gasteiger partial charge is 0.0714 e. The van der Waals surface area contributed by atoms with Gasteiger partial charge in [0.1, 0.15) is 0 Å². The molecule has 0 atom stereocenters. The number of hydrogen-bond acceptors (Lipinski definition) is 2. The summed E-state index contributed by atoms with van der Waals surface area (Å²) in [6.07, 6.45) is 0. The number of nitrogens with zero attached hydrogens (tertiary/aromatic N) is 1. The van der Waals surface area contributed by atoms with Crippen LogP contribution in [0.4, 0.5) is 17.1 Å². The average molecular weight is 794 g/mol. The van der Waals surface area contributed by atoms with Crippen LogP contribution in [0.5, 0.6) is 0 Å². The van der Waals surface area contributed by atoms with Crippen molar-refractivity contribution < 1.29 is 0 Å². The van der Waals surface area contributed by atoms with E-state index in [0.29, 0.717) is 0 Å². The Morgan fingerprint density at radius 2 is 0.934 bits per heavy atom. The fourth-order valence-electron chi connectivity index (χ4n) is 10.0. The molecule has 0 spiro atoms. The molecule has 0 fully saturated rings. The van der Waals surface area contributed by atoms with Gasteiger partial charge in [0, 0.05) is 37.0 Å². The Balaban J connectivity index is 1.11. The number of para-hydroxylation sites is 1. The van der Waals surface area contributed by atoms with E-state index in [4.69, 9.17) is 0 Å². The van der Waals surface area contributed by atoms with Crippen LogP contribution in [0.2, 0.25) is 0 Å². The molecule has 0 amide bonds. The Morgan fingerprint density at radius 1 is 0.344 bits per heavy atom. The highest BCUT2D eigenvalue weighted by molar-refractivity contribution is 7.25. The first-order valence-corrected chi connectivity index (χ1v) is 21.8. The van der Waals surface area contributed by atoms with Gasteiger partial charge in [-0.1, -0.05) is 194 Å². The van der Waals surface area contributed by atoms with Crippen LogP contribution in [-0.4, -0.2) is 0 Å². The van der Waals surface area contributed by atoms with E-state index in [1.165, 1.54) is 86.6 Å². The standard InChI is InChI=1S/C59H39NS/c1-3-18-45(19-4-1)59(46-20-5-2-6-21-46)52-25-12-9-24-51(52)58-53(59)26-15-28-55(58)60(47-35-32-41(33-36-47)43-31-30-40-16-7-8-17-42(40)38-43)54-27-13-10-22-48(54)44-34-37-50-49-23-11-14-29-56(49)61-57(50)39-44/h1-39H. The van der Waals surface area contributed by atoms with Crippen LogP contribution >= 0.6 is 11.3 Å². The highest BCUT2D eigenvalue weighted by Gasteiger charge is 2.47. The van der Waals surface area contributed by atoms with Crippen LogP contribution in [-0.2, 0) is 5.41 Å². The molecule has 0 unspecified atom stereocenters. The molecule has 1 aliphatic rings. The minimum Gasteiger partial charge on any atom is -0.309 e. The Morgan fingerprint density at radius 3 is 1.74 bits per heavy atom. The number of anilines is 3. The highest BCUT2D eigenvalue weighted by Crippen LogP contribution is 2.60. The number of benzene rings is 10. The molecule has 10 aromatic carbocycles. The first-order chi connectivity index (χ1) is 30.3. The summed E-state index contributed by atoms with van der Waals surface area (Å²) >= 11 is 1.87. The van der Waals surface area contributed by atoms with Crippen molar-refractivity contribution >= 4 is 59.3 Å². The molecule has 0 bridgehead atoms. The minimum absolute atomic E-state index is 0.512. The van der Waals surface area contributed by atoms with Crippen molar-refractivity contribution in [2.75, 3.05) is 4.90 Å². The molecule has 1 aliphatic carbocycles. The van der Waals surface area contributed by atoms with Crippen LogP contribution in [0.15, 0.2) is 237 Å². The van der Waals surface area contributed by atoms with E-state index in [9.17, 15) is 0 Å². The van der Waals surface area contributed by atoms with Gasteiger partial charge in [-0.2, -0.15) is 0 Å². The van der Waals surface area contributed by atoms with Gasteiger partial charge in [0.15, 0.2) is 0 Å². The SMILES string of the molecule is c1ccc(C2(c3ccccc3)c3ccccc3-c3c(N(c4ccc(-c5ccc6ccccc6c5)cc4)c4ccccc4-c4ccc5c(c4)sc4ccccc45)cccc32)cc1. The zero-order valence-corrected chi connectivity index (χ0v) is 34.2. The summed E-state index contributed by atoms with van der Waals surface area (Å²) < 4.78 is 2.61. The molecule has 12 rings (SSSR count). The van der Waals surface area contributed by atoms with Gasteiger partial charge >= 0.3 is 0 Å². The monoisotopic (exact) mass is 793 g/mol. The predicted molar refractivity (Wildman–Crippen MR) is 260 cm³/mol. The Kier molecular flexibility index (Phi) is 8.33. The van der Waals surface area contributed by atoms with Gasteiger partial charge in [-0.25, -0.2) is 0 Å². The van der Waals surface area contributed by atoms with Crippen molar-refractivity contribution in [3.05, 3.63) is 259 Å². The zero-order valence-electron chi connectivity index (χ0n) is 33.4. The third-order valence-electron chi connectivity index (χ3n) is 12.7. The van der Waals surface area contributed by atoms with Crippen LogP contribution in [0, 0.1) is 0 Å². The molecule has 0 aliphatic heterocycles.